The molecule has 0 spiro atoms. The van der Waals surface area contributed by atoms with Crippen LogP contribution in [0.15, 0.2) is 48.5 Å². The van der Waals surface area contributed by atoms with Crippen molar-refractivity contribution in [1.82, 2.24) is 0 Å². The quantitative estimate of drug-likeness (QED) is 0.450. The van der Waals surface area contributed by atoms with Crippen LogP contribution in [0, 0.1) is 5.41 Å². The van der Waals surface area contributed by atoms with Crippen molar-refractivity contribution >= 4 is 51.3 Å². The second kappa shape index (κ2) is 6.49. The Morgan fingerprint density at radius 1 is 0.923 bits per heavy atom. The smallest absolute Gasteiger partial charge is 0.202 e. The van der Waals surface area contributed by atoms with Crippen molar-refractivity contribution in [1.29, 1.82) is 5.41 Å². The Labute approximate surface area is 163 Å². The minimum Gasteiger partial charge on any atom is -0.315 e. The lowest BCUT2D eigenvalue weighted by Gasteiger charge is -2.29. The van der Waals surface area contributed by atoms with Gasteiger partial charge in [-0.15, -0.1) is 0 Å². The lowest BCUT2D eigenvalue weighted by Crippen LogP contribution is -2.40. The highest BCUT2D eigenvalue weighted by Gasteiger charge is 2.22. The minimum absolute atomic E-state index is 0.378. The van der Waals surface area contributed by atoms with E-state index in [0.717, 1.165) is 24.2 Å². The third kappa shape index (κ3) is 2.72. The molecule has 3 aromatic rings. The molecule has 0 heterocycles. The number of benzene rings is 3. The molecule has 1 N–H and O–H groups in total. The maximum atomic E-state index is 8.67. The molecule has 0 unspecified atom stereocenters. The number of rotatable bonds is 2. The maximum absolute atomic E-state index is 8.67. The van der Waals surface area contributed by atoms with Crippen molar-refractivity contribution in [2.45, 2.75) is 12.8 Å². The van der Waals surface area contributed by atoms with E-state index in [2.05, 4.69) is 30.3 Å². The van der Waals surface area contributed by atoms with Gasteiger partial charge in [0.1, 0.15) is 0 Å². The van der Waals surface area contributed by atoms with Crippen LogP contribution in [0.1, 0.15) is 11.1 Å². The van der Waals surface area contributed by atoms with Gasteiger partial charge in [0.25, 0.3) is 0 Å². The molecule has 3 nitrogen and oxygen atoms in total. The van der Waals surface area contributed by atoms with Crippen LogP contribution in [0.4, 0.5) is 11.4 Å². The van der Waals surface area contributed by atoms with Gasteiger partial charge in [-0.05, 0) is 59.0 Å². The van der Waals surface area contributed by atoms with Gasteiger partial charge in [-0.25, -0.2) is 0 Å². The average Bonchev–Trinajstić information content (AvgIpc) is 3.08. The van der Waals surface area contributed by atoms with Gasteiger partial charge in [0, 0.05) is 25.5 Å². The van der Waals surface area contributed by atoms with Crippen LogP contribution < -0.4 is 9.80 Å². The van der Waals surface area contributed by atoms with Gasteiger partial charge in [0.2, 0.25) is 5.96 Å². The van der Waals surface area contributed by atoms with Crippen molar-refractivity contribution in [3.8, 4) is 0 Å². The molecule has 26 heavy (non-hydrogen) atoms. The van der Waals surface area contributed by atoms with Gasteiger partial charge in [0.15, 0.2) is 0 Å². The summed E-state index contributed by atoms with van der Waals surface area (Å²) in [5.41, 5.74) is 4.64. The highest BCUT2D eigenvalue weighted by atomic mass is 35.5. The van der Waals surface area contributed by atoms with Gasteiger partial charge in [-0.2, -0.15) is 0 Å². The summed E-state index contributed by atoms with van der Waals surface area (Å²) in [6.45, 7) is 0. The first-order valence-corrected chi connectivity index (χ1v) is 9.27. The predicted molar refractivity (Wildman–Crippen MR) is 112 cm³/mol. The second-order valence-corrected chi connectivity index (χ2v) is 7.43. The van der Waals surface area contributed by atoms with E-state index < -0.39 is 0 Å². The molecular weight excluding hydrogens is 365 g/mol. The van der Waals surface area contributed by atoms with E-state index in [1.807, 2.05) is 25.1 Å². The Hall–Kier alpha value is -2.23. The first-order valence-electron chi connectivity index (χ1n) is 8.52. The molecule has 0 fully saturated rings. The summed E-state index contributed by atoms with van der Waals surface area (Å²) in [7, 11) is 3.80. The zero-order chi connectivity index (χ0) is 18.4. The van der Waals surface area contributed by atoms with E-state index >= 15 is 0 Å². The summed E-state index contributed by atoms with van der Waals surface area (Å²) in [6.07, 6.45) is 2.08. The number of halogens is 2. The van der Waals surface area contributed by atoms with Crippen molar-refractivity contribution in [3.63, 3.8) is 0 Å². The molecule has 4 rings (SSSR count). The Kier molecular flexibility index (Phi) is 4.29. The van der Waals surface area contributed by atoms with Crippen LogP contribution in [0.5, 0.6) is 0 Å². The van der Waals surface area contributed by atoms with E-state index in [4.69, 9.17) is 28.6 Å². The SMILES string of the molecule is CN(C(=N)N(C)c1ccc2cccc3c2c1CC3)c1ccc(Cl)c(Cl)c1. The van der Waals surface area contributed by atoms with Gasteiger partial charge < -0.3 is 9.80 Å². The van der Waals surface area contributed by atoms with Gasteiger partial charge in [-0.3, -0.25) is 5.41 Å². The normalized spacial score (nSPS) is 12.5. The molecule has 0 atom stereocenters. The molecule has 0 amide bonds. The molecule has 0 aliphatic heterocycles. The highest BCUT2D eigenvalue weighted by Crippen LogP contribution is 2.37. The minimum atomic E-state index is 0.378. The largest absolute Gasteiger partial charge is 0.315 e. The molecular formula is C21H19Cl2N3. The zero-order valence-corrected chi connectivity index (χ0v) is 16.2. The highest BCUT2D eigenvalue weighted by molar-refractivity contribution is 6.42. The van der Waals surface area contributed by atoms with Crippen LogP contribution in [0.2, 0.25) is 10.0 Å². The van der Waals surface area contributed by atoms with Crippen LogP contribution in [0.3, 0.4) is 0 Å². The molecule has 5 heteroatoms. The first kappa shape index (κ1) is 17.2. The first-order chi connectivity index (χ1) is 12.5. The molecule has 0 bridgehead atoms. The summed E-state index contributed by atoms with van der Waals surface area (Å²) >= 11 is 12.1. The average molecular weight is 384 g/mol. The molecule has 1 aliphatic rings. The number of nitrogens with zero attached hydrogens (tertiary/aromatic N) is 2. The van der Waals surface area contributed by atoms with E-state index in [0.29, 0.717) is 16.0 Å². The molecule has 0 saturated heterocycles. The van der Waals surface area contributed by atoms with Crippen molar-refractivity contribution < 1.29 is 0 Å². The fourth-order valence-corrected chi connectivity index (χ4v) is 4.01. The fraction of sp³-hybridized carbons (Fsp3) is 0.190. The fourth-order valence-electron chi connectivity index (χ4n) is 3.71. The zero-order valence-electron chi connectivity index (χ0n) is 14.7. The van der Waals surface area contributed by atoms with Gasteiger partial charge in [0.05, 0.1) is 10.0 Å². The van der Waals surface area contributed by atoms with E-state index in [1.54, 1.807) is 17.0 Å². The lowest BCUT2D eigenvalue weighted by atomic mass is 10.0. The van der Waals surface area contributed by atoms with Crippen molar-refractivity contribution in [2.24, 2.45) is 0 Å². The summed E-state index contributed by atoms with van der Waals surface area (Å²) < 4.78 is 0. The molecule has 1 aliphatic carbocycles. The molecule has 0 radical (unpaired) electrons. The van der Waals surface area contributed by atoms with Crippen molar-refractivity contribution in [2.75, 3.05) is 23.9 Å². The number of aryl methyl sites for hydroxylation is 2. The van der Waals surface area contributed by atoms with Gasteiger partial charge in [-0.1, -0.05) is 47.5 Å². The van der Waals surface area contributed by atoms with E-state index in [1.165, 1.54) is 21.9 Å². The molecule has 3 aromatic carbocycles. The number of hydrogen-bond donors (Lipinski definition) is 1. The molecule has 0 saturated carbocycles. The Morgan fingerprint density at radius 2 is 1.73 bits per heavy atom. The standard InChI is InChI=1S/C21H19Cl2N3/c1-25(15-8-10-17(22)18(23)12-15)21(24)26(2)19-11-7-14-5-3-4-13-6-9-16(19)20(13)14/h3-5,7-8,10-12,24H,6,9H2,1-2H3. The number of anilines is 2. The number of guanidine groups is 1. The molecule has 0 aromatic heterocycles. The summed E-state index contributed by atoms with van der Waals surface area (Å²) in [5, 5.41) is 12.3. The topological polar surface area (TPSA) is 30.3 Å². The van der Waals surface area contributed by atoms with Crippen molar-refractivity contribution in [3.05, 3.63) is 69.7 Å². The van der Waals surface area contributed by atoms with Crippen LogP contribution in [-0.4, -0.2) is 20.1 Å². The number of nitrogens with one attached hydrogen (secondary N) is 1. The number of hydrogen-bond acceptors (Lipinski definition) is 1. The predicted octanol–water partition coefficient (Wildman–Crippen LogP) is 5.75. The second-order valence-electron chi connectivity index (χ2n) is 6.62. The summed E-state index contributed by atoms with van der Waals surface area (Å²) in [6, 6.07) is 16.1. The third-order valence-electron chi connectivity index (χ3n) is 5.15. The van der Waals surface area contributed by atoms with Crippen LogP contribution >= 0.6 is 23.2 Å². The molecule has 132 valence electrons. The Bertz CT molecular complexity index is 1030. The van der Waals surface area contributed by atoms with Crippen LogP contribution in [0.25, 0.3) is 10.8 Å². The lowest BCUT2D eigenvalue weighted by molar-refractivity contribution is 1.01. The Morgan fingerprint density at radius 3 is 2.50 bits per heavy atom. The summed E-state index contributed by atoms with van der Waals surface area (Å²) in [4.78, 5) is 3.74. The van der Waals surface area contributed by atoms with Crippen LogP contribution in [-0.2, 0) is 12.8 Å². The van der Waals surface area contributed by atoms with E-state index in [9.17, 15) is 0 Å². The summed E-state index contributed by atoms with van der Waals surface area (Å²) in [5.74, 6) is 0.378. The maximum Gasteiger partial charge on any atom is 0.202 e. The van der Waals surface area contributed by atoms with Gasteiger partial charge >= 0.3 is 0 Å². The van der Waals surface area contributed by atoms with E-state index in [-0.39, 0.29) is 0 Å². The third-order valence-corrected chi connectivity index (χ3v) is 5.89. The monoisotopic (exact) mass is 383 g/mol. The Balaban J connectivity index is 1.70.